The van der Waals surface area contributed by atoms with Crippen molar-refractivity contribution in [3.8, 4) is 0 Å². The molecule has 0 aromatic heterocycles. The van der Waals surface area contributed by atoms with Gasteiger partial charge < -0.3 is 19.2 Å². The van der Waals surface area contributed by atoms with Crippen LogP contribution in [0, 0.1) is 0 Å². The lowest BCUT2D eigenvalue weighted by atomic mass is 10.2. The van der Waals surface area contributed by atoms with Gasteiger partial charge in [0.05, 0.1) is 19.8 Å². The lowest BCUT2D eigenvalue weighted by Gasteiger charge is -2.25. The Morgan fingerprint density at radius 2 is 2.18 bits per heavy atom. The molecule has 1 aliphatic heterocycles. The fraction of sp³-hybridized carbons (Fsp3) is 0.818. The van der Waals surface area contributed by atoms with Crippen LogP contribution in [0.5, 0.6) is 0 Å². The Labute approximate surface area is 101 Å². The summed E-state index contributed by atoms with van der Waals surface area (Å²) >= 11 is 0. The van der Waals surface area contributed by atoms with Crippen molar-refractivity contribution in [1.82, 2.24) is 4.90 Å². The smallest absolute Gasteiger partial charge is 0.410 e. The Bertz CT molecular complexity index is 296. The molecule has 1 heterocycles. The van der Waals surface area contributed by atoms with Gasteiger partial charge in [-0.3, -0.25) is 0 Å². The fourth-order valence-electron chi connectivity index (χ4n) is 1.38. The summed E-state index contributed by atoms with van der Waals surface area (Å²) in [5.41, 5.74) is 0.180. The topological polar surface area (TPSA) is 60.4 Å². The number of amides is 1. The van der Waals surface area contributed by atoms with E-state index < -0.39 is 5.60 Å². The molecular weight excluding hydrogens is 224 g/mol. The summed E-state index contributed by atoms with van der Waals surface area (Å²) in [5, 5.41) is 3.81. The molecule has 0 N–H and O–H groups in total. The molecule has 1 fully saturated rings. The first kappa shape index (κ1) is 13.8. The molecule has 0 radical (unpaired) electrons. The second-order valence-electron chi connectivity index (χ2n) is 4.79. The van der Waals surface area contributed by atoms with Gasteiger partial charge >= 0.3 is 6.09 Å². The van der Waals surface area contributed by atoms with Gasteiger partial charge in [0.15, 0.2) is 0 Å². The van der Waals surface area contributed by atoms with Gasteiger partial charge in [0, 0.05) is 6.54 Å². The Morgan fingerprint density at radius 1 is 1.47 bits per heavy atom. The molecule has 0 bridgehead atoms. The van der Waals surface area contributed by atoms with Crippen molar-refractivity contribution in [1.29, 1.82) is 0 Å². The van der Waals surface area contributed by atoms with Crippen molar-refractivity contribution in [2.24, 2.45) is 5.16 Å². The summed E-state index contributed by atoms with van der Waals surface area (Å²) in [4.78, 5) is 18.1. The zero-order valence-electron chi connectivity index (χ0n) is 10.9. The van der Waals surface area contributed by atoms with Gasteiger partial charge in [-0.15, -0.1) is 0 Å². The number of carbonyl (C=O) groups excluding carboxylic acids is 1. The quantitative estimate of drug-likeness (QED) is 0.651. The van der Waals surface area contributed by atoms with Crippen LogP contribution in [0.1, 0.15) is 20.8 Å². The van der Waals surface area contributed by atoms with E-state index in [2.05, 4.69) is 5.16 Å². The molecule has 1 saturated heterocycles. The van der Waals surface area contributed by atoms with E-state index in [0.29, 0.717) is 32.0 Å². The minimum Gasteiger partial charge on any atom is -0.444 e. The van der Waals surface area contributed by atoms with E-state index in [-0.39, 0.29) is 6.09 Å². The third-order valence-corrected chi connectivity index (χ3v) is 2.02. The Hall–Kier alpha value is -1.30. The van der Waals surface area contributed by atoms with Crippen LogP contribution < -0.4 is 0 Å². The van der Waals surface area contributed by atoms with Crippen LogP contribution in [-0.2, 0) is 14.3 Å². The summed E-state index contributed by atoms with van der Waals surface area (Å²) in [5.74, 6) is 0. The highest BCUT2D eigenvalue weighted by molar-refractivity contribution is 5.89. The molecule has 0 unspecified atom stereocenters. The van der Waals surface area contributed by atoms with Gasteiger partial charge in [0.2, 0.25) is 0 Å². The monoisotopic (exact) mass is 244 g/mol. The summed E-state index contributed by atoms with van der Waals surface area (Å²) in [6, 6.07) is 0. The van der Waals surface area contributed by atoms with Crippen LogP contribution in [0.15, 0.2) is 5.16 Å². The van der Waals surface area contributed by atoms with Gasteiger partial charge in [0.25, 0.3) is 0 Å². The van der Waals surface area contributed by atoms with Gasteiger partial charge in [-0.2, -0.15) is 0 Å². The molecule has 1 aliphatic rings. The fourth-order valence-corrected chi connectivity index (χ4v) is 1.38. The van der Waals surface area contributed by atoms with E-state index >= 15 is 0 Å². The number of hydrogen-bond acceptors (Lipinski definition) is 5. The van der Waals surface area contributed by atoms with Crippen LogP contribution in [-0.4, -0.2) is 55.7 Å². The largest absolute Gasteiger partial charge is 0.444 e. The third-order valence-electron chi connectivity index (χ3n) is 2.02. The molecule has 0 saturated carbocycles. The predicted molar refractivity (Wildman–Crippen MR) is 63.1 cm³/mol. The van der Waals surface area contributed by atoms with E-state index in [1.165, 1.54) is 7.11 Å². The van der Waals surface area contributed by atoms with Crippen molar-refractivity contribution < 1.29 is 19.1 Å². The minimum absolute atomic E-state index is 0.355. The Morgan fingerprint density at radius 3 is 2.76 bits per heavy atom. The highest BCUT2D eigenvalue weighted by Crippen LogP contribution is 2.11. The highest BCUT2D eigenvalue weighted by atomic mass is 16.6. The Balaban J connectivity index is 2.62. The van der Waals surface area contributed by atoms with E-state index in [4.69, 9.17) is 14.3 Å². The number of nitrogens with zero attached hydrogens (tertiary/aromatic N) is 2. The first-order valence-electron chi connectivity index (χ1n) is 5.57. The lowest BCUT2D eigenvalue weighted by molar-refractivity contribution is 0.0251. The van der Waals surface area contributed by atoms with Crippen LogP contribution in [0.25, 0.3) is 0 Å². The van der Waals surface area contributed by atoms with Gasteiger partial charge in [-0.1, -0.05) is 5.16 Å². The molecule has 98 valence electrons. The number of hydrogen-bond donors (Lipinski definition) is 0. The number of oxime groups is 1. The van der Waals surface area contributed by atoms with Gasteiger partial charge in [0.1, 0.15) is 18.4 Å². The molecule has 0 atom stereocenters. The zero-order chi connectivity index (χ0) is 12.9. The first-order valence-corrected chi connectivity index (χ1v) is 5.57. The molecule has 0 aromatic carbocycles. The molecule has 0 spiro atoms. The molecule has 0 aliphatic carbocycles. The molecule has 0 aromatic rings. The third kappa shape index (κ3) is 5.04. The molecule has 6 nitrogen and oxygen atoms in total. The van der Waals surface area contributed by atoms with Crippen LogP contribution in [0.2, 0.25) is 0 Å². The number of carbonyl (C=O) groups is 1. The first-order chi connectivity index (χ1) is 7.92. The predicted octanol–water partition coefficient (Wildman–Crippen LogP) is 1.26. The summed E-state index contributed by atoms with van der Waals surface area (Å²) in [6.45, 7) is 7.24. The SMILES string of the molecule is CO/N=C1\COCCN(C(=O)OC(C)(C)C)C1. The normalized spacial score (nSPS) is 20.0. The van der Waals surface area contributed by atoms with Gasteiger partial charge in [-0.25, -0.2) is 4.79 Å². The maximum absolute atomic E-state index is 11.9. The standard InChI is InChI=1S/C11H20N2O4/c1-11(2,3)17-10(14)13-5-6-16-8-9(7-13)12-15-4/h5-8H2,1-4H3/b12-9-. The average Bonchev–Trinajstić information content (AvgIpc) is 2.41. The van der Waals surface area contributed by atoms with Crippen molar-refractivity contribution in [2.75, 3.05) is 33.4 Å². The molecule has 1 amide bonds. The zero-order valence-corrected chi connectivity index (χ0v) is 10.9. The maximum atomic E-state index is 11.9. The Kier molecular flexibility index (Phi) is 4.74. The van der Waals surface area contributed by atoms with E-state index in [0.717, 1.165) is 0 Å². The average molecular weight is 244 g/mol. The highest BCUT2D eigenvalue weighted by Gasteiger charge is 2.25. The maximum Gasteiger partial charge on any atom is 0.410 e. The molecular formula is C11H20N2O4. The summed E-state index contributed by atoms with van der Waals surface area (Å²) < 4.78 is 10.6. The van der Waals surface area contributed by atoms with E-state index in [9.17, 15) is 4.79 Å². The number of rotatable bonds is 1. The summed E-state index contributed by atoms with van der Waals surface area (Å²) in [6.07, 6.45) is -0.355. The second kappa shape index (κ2) is 5.86. The summed E-state index contributed by atoms with van der Waals surface area (Å²) in [7, 11) is 1.47. The second-order valence-corrected chi connectivity index (χ2v) is 4.79. The molecule has 1 rings (SSSR count). The van der Waals surface area contributed by atoms with E-state index in [1.54, 1.807) is 4.90 Å². The van der Waals surface area contributed by atoms with Crippen LogP contribution in [0.4, 0.5) is 4.79 Å². The molecule has 6 heteroatoms. The van der Waals surface area contributed by atoms with E-state index in [1.807, 2.05) is 20.8 Å². The number of ether oxygens (including phenoxy) is 2. The van der Waals surface area contributed by atoms with Gasteiger partial charge in [-0.05, 0) is 20.8 Å². The molecule has 17 heavy (non-hydrogen) atoms. The van der Waals surface area contributed by atoms with Crippen LogP contribution in [0.3, 0.4) is 0 Å². The van der Waals surface area contributed by atoms with Crippen molar-refractivity contribution in [3.63, 3.8) is 0 Å². The van der Waals surface area contributed by atoms with Crippen molar-refractivity contribution >= 4 is 11.8 Å². The van der Waals surface area contributed by atoms with Crippen molar-refractivity contribution in [3.05, 3.63) is 0 Å². The minimum atomic E-state index is -0.497. The lowest BCUT2D eigenvalue weighted by Crippen LogP contribution is -2.40. The van der Waals surface area contributed by atoms with Crippen LogP contribution >= 0.6 is 0 Å². The van der Waals surface area contributed by atoms with Crippen molar-refractivity contribution in [2.45, 2.75) is 26.4 Å².